The number of carbonyl (C=O) groups is 1. The van der Waals surface area contributed by atoms with E-state index in [-0.39, 0.29) is 0 Å². The number of likely N-dealkylation sites (tertiary alicyclic amines) is 1. The predicted molar refractivity (Wildman–Crippen MR) is 69.5 cm³/mol. The van der Waals surface area contributed by atoms with E-state index in [1.165, 1.54) is 5.56 Å². The highest BCUT2D eigenvalue weighted by atomic mass is 16.2. The molecule has 0 bridgehead atoms. The first-order valence-corrected chi connectivity index (χ1v) is 6.52. The summed E-state index contributed by atoms with van der Waals surface area (Å²) in [6.45, 7) is 5.19. The molecule has 2 rings (SSSR count). The van der Waals surface area contributed by atoms with E-state index in [2.05, 4.69) is 30.9 Å². The monoisotopic (exact) mass is 231 g/mol. The quantitative estimate of drug-likeness (QED) is 0.782. The topological polar surface area (TPSA) is 20.3 Å². The predicted octanol–water partition coefficient (Wildman–Crippen LogP) is 3.22. The van der Waals surface area contributed by atoms with Crippen LogP contribution in [0.1, 0.15) is 38.7 Å². The van der Waals surface area contributed by atoms with Crippen LogP contribution < -0.4 is 0 Å². The molecule has 1 unspecified atom stereocenters. The Morgan fingerprint density at radius 2 is 2.00 bits per heavy atom. The lowest BCUT2D eigenvalue weighted by Crippen LogP contribution is -2.45. The average molecular weight is 231 g/mol. The van der Waals surface area contributed by atoms with Gasteiger partial charge in [-0.1, -0.05) is 44.2 Å². The number of carbonyl (C=O) groups excluding carboxylic acids is 1. The van der Waals surface area contributed by atoms with Crippen molar-refractivity contribution >= 4 is 5.91 Å². The van der Waals surface area contributed by atoms with Gasteiger partial charge in [0.1, 0.15) is 0 Å². The number of rotatable bonds is 3. The van der Waals surface area contributed by atoms with Crippen LogP contribution in [0.2, 0.25) is 0 Å². The molecule has 2 heteroatoms. The maximum absolute atomic E-state index is 12.0. The van der Waals surface area contributed by atoms with E-state index in [1.807, 2.05) is 18.2 Å². The molecule has 0 aliphatic carbocycles. The minimum Gasteiger partial charge on any atom is -0.335 e. The van der Waals surface area contributed by atoms with Gasteiger partial charge in [0, 0.05) is 19.0 Å². The zero-order valence-electron chi connectivity index (χ0n) is 10.7. The van der Waals surface area contributed by atoms with Crippen molar-refractivity contribution in [3.05, 3.63) is 35.9 Å². The number of amides is 1. The van der Waals surface area contributed by atoms with E-state index >= 15 is 0 Å². The van der Waals surface area contributed by atoms with Gasteiger partial charge in [0.05, 0.1) is 0 Å². The van der Waals surface area contributed by atoms with E-state index < -0.39 is 0 Å². The number of hydrogen-bond donors (Lipinski definition) is 0. The molecule has 1 aliphatic rings. The summed E-state index contributed by atoms with van der Waals surface area (Å²) in [6.07, 6.45) is 2.92. The third kappa shape index (κ3) is 2.87. The van der Waals surface area contributed by atoms with E-state index in [0.717, 1.165) is 25.8 Å². The molecular formula is C15H21NO. The molecule has 0 radical (unpaired) electrons. The van der Waals surface area contributed by atoms with Crippen LogP contribution in [-0.4, -0.2) is 16.8 Å². The maximum Gasteiger partial charge on any atom is 0.223 e. The zero-order chi connectivity index (χ0) is 12.3. The first-order valence-electron chi connectivity index (χ1n) is 6.52. The molecule has 1 amide bonds. The lowest BCUT2D eigenvalue weighted by molar-refractivity contribution is -0.138. The number of hydrogen-bond acceptors (Lipinski definition) is 1. The molecule has 1 aliphatic heterocycles. The van der Waals surface area contributed by atoms with Crippen molar-refractivity contribution in [1.29, 1.82) is 0 Å². The molecule has 0 saturated carbocycles. The molecule has 0 aromatic heterocycles. The van der Waals surface area contributed by atoms with Crippen LogP contribution in [0, 0.1) is 5.92 Å². The van der Waals surface area contributed by atoms with Crippen LogP contribution in [-0.2, 0) is 11.3 Å². The Kier molecular flexibility index (Phi) is 3.82. The Morgan fingerprint density at radius 1 is 1.29 bits per heavy atom. The minimum atomic E-state index is 0.318. The minimum absolute atomic E-state index is 0.318. The third-order valence-electron chi connectivity index (χ3n) is 3.58. The number of benzene rings is 1. The van der Waals surface area contributed by atoms with Crippen LogP contribution in [0.25, 0.3) is 0 Å². The molecular weight excluding hydrogens is 210 g/mol. The molecule has 17 heavy (non-hydrogen) atoms. The van der Waals surface area contributed by atoms with Crippen LogP contribution >= 0.6 is 0 Å². The molecule has 1 saturated heterocycles. The molecule has 1 heterocycles. The Hall–Kier alpha value is -1.31. The average Bonchev–Trinajstić information content (AvgIpc) is 2.33. The summed E-state index contributed by atoms with van der Waals surface area (Å²) in [5, 5.41) is 0. The molecule has 1 atom stereocenters. The second kappa shape index (κ2) is 5.35. The van der Waals surface area contributed by atoms with E-state index in [0.29, 0.717) is 17.9 Å². The summed E-state index contributed by atoms with van der Waals surface area (Å²) in [7, 11) is 0. The van der Waals surface area contributed by atoms with Gasteiger partial charge < -0.3 is 4.90 Å². The number of nitrogens with zero attached hydrogens (tertiary/aromatic N) is 1. The summed E-state index contributed by atoms with van der Waals surface area (Å²) < 4.78 is 0. The summed E-state index contributed by atoms with van der Waals surface area (Å²) in [5.74, 6) is 0.863. The third-order valence-corrected chi connectivity index (χ3v) is 3.58. The van der Waals surface area contributed by atoms with Crippen molar-refractivity contribution in [2.75, 3.05) is 0 Å². The summed E-state index contributed by atoms with van der Waals surface area (Å²) in [6, 6.07) is 10.7. The molecule has 1 aromatic rings. The lowest BCUT2D eigenvalue weighted by atomic mass is 9.92. The van der Waals surface area contributed by atoms with Crippen molar-refractivity contribution < 1.29 is 4.79 Å². The van der Waals surface area contributed by atoms with Crippen LogP contribution in [0.5, 0.6) is 0 Å². The molecule has 0 spiro atoms. The van der Waals surface area contributed by atoms with Gasteiger partial charge in [0.15, 0.2) is 0 Å². The first-order chi connectivity index (χ1) is 8.18. The molecule has 1 aromatic carbocycles. The molecule has 0 N–H and O–H groups in total. The first kappa shape index (κ1) is 12.2. The summed E-state index contributed by atoms with van der Waals surface area (Å²) in [5.41, 5.74) is 1.23. The van der Waals surface area contributed by atoms with Gasteiger partial charge in [-0.05, 0) is 24.3 Å². The highest BCUT2D eigenvalue weighted by Crippen LogP contribution is 2.25. The van der Waals surface area contributed by atoms with Crippen LogP contribution in [0.4, 0.5) is 0 Å². The fourth-order valence-corrected chi connectivity index (χ4v) is 2.63. The Labute approximate surface area is 104 Å². The Morgan fingerprint density at radius 3 is 2.65 bits per heavy atom. The fraction of sp³-hybridized carbons (Fsp3) is 0.533. The standard InChI is InChI=1S/C15H21NO/c1-12(2)14-9-6-10-15(17)16(14)11-13-7-4-3-5-8-13/h3-5,7-8,12,14H,6,9-11H2,1-2H3. The summed E-state index contributed by atoms with van der Waals surface area (Å²) >= 11 is 0. The lowest BCUT2D eigenvalue weighted by Gasteiger charge is -2.38. The highest BCUT2D eigenvalue weighted by molar-refractivity contribution is 5.77. The van der Waals surface area contributed by atoms with Crippen LogP contribution in [0.3, 0.4) is 0 Å². The Balaban J connectivity index is 2.12. The van der Waals surface area contributed by atoms with Gasteiger partial charge >= 0.3 is 0 Å². The SMILES string of the molecule is CC(C)C1CCCC(=O)N1Cc1ccccc1. The second-order valence-electron chi connectivity index (χ2n) is 5.21. The smallest absolute Gasteiger partial charge is 0.223 e. The second-order valence-corrected chi connectivity index (χ2v) is 5.21. The largest absolute Gasteiger partial charge is 0.335 e. The van der Waals surface area contributed by atoms with Gasteiger partial charge in [0.25, 0.3) is 0 Å². The van der Waals surface area contributed by atoms with Gasteiger partial charge in [-0.15, -0.1) is 0 Å². The van der Waals surface area contributed by atoms with E-state index in [1.54, 1.807) is 0 Å². The van der Waals surface area contributed by atoms with E-state index in [4.69, 9.17) is 0 Å². The maximum atomic E-state index is 12.0. The normalized spacial score (nSPS) is 21.0. The van der Waals surface area contributed by atoms with Crippen LogP contribution in [0.15, 0.2) is 30.3 Å². The van der Waals surface area contributed by atoms with Crippen molar-refractivity contribution in [3.63, 3.8) is 0 Å². The van der Waals surface area contributed by atoms with Gasteiger partial charge in [-0.25, -0.2) is 0 Å². The van der Waals surface area contributed by atoms with Crippen molar-refractivity contribution in [2.45, 2.75) is 45.7 Å². The molecule has 92 valence electrons. The van der Waals surface area contributed by atoms with Gasteiger partial charge in [-0.3, -0.25) is 4.79 Å². The van der Waals surface area contributed by atoms with Gasteiger partial charge in [0.2, 0.25) is 5.91 Å². The van der Waals surface area contributed by atoms with Gasteiger partial charge in [-0.2, -0.15) is 0 Å². The Bertz CT molecular complexity index is 372. The molecule has 1 fully saturated rings. The highest BCUT2D eigenvalue weighted by Gasteiger charge is 2.29. The van der Waals surface area contributed by atoms with Crippen molar-refractivity contribution in [2.24, 2.45) is 5.92 Å². The fourth-order valence-electron chi connectivity index (χ4n) is 2.63. The molecule has 2 nitrogen and oxygen atoms in total. The van der Waals surface area contributed by atoms with Crippen molar-refractivity contribution in [3.8, 4) is 0 Å². The zero-order valence-corrected chi connectivity index (χ0v) is 10.7. The van der Waals surface area contributed by atoms with E-state index in [9.17, 15) is 4.79 Å². The van der Waals surface area contributed by atoms with Crippen molar-refractivity contribution in [1.82, 2.24) is 4.90 Å². The number of piperidine rings is 1. The summed E-state index contributed by atoms with van der Waals surface area (Å²) in [4.78, 5) is 14.1.